The number of esters is 1. The van der Waals surface area contributed by atoms with Crippen LogP contribution in [-0.2, 0) is 20.9 Å². The van der Waals surface area contributed by atoms with E-state index in [1.54, 1.807) is 58.6 Å². The van der Waals surface area contributed by atoms with Crippen molar-refractivity contribution in [3.8, 4) is 23.0 Å². The van der Waals surface area contributed by atoms with Gasteiger partial charge in [-0.1, -0.05) is 53.8 Å². The zero-order valence-corrected chi connectivity index (χ0v) is 26.5. The third-order valence-corrected chi connectivity index (χ3v) is 8.19. The molecule has 1 unspecified atom stereocenters. The lowest BCUT2D eigenvalue weighted by Gasteiger charge is -2.25. The molecule has 45 heavy (non-hydrogen) atoms. The Labute approximate surface area is 264 Å². The van der Waals surface area contributed by atoms with Gasteiger partial charge in [0.2, 0.25) is 0 Å². The third kappa shape index (κ3) is 6.79. The van der Waals surface area contributed by atoms with Crippen LogP contribution in [0.1, 0.15) is 29.7 Å². The molecule has 0 amide bonds. The van der Waals surface area contributed by atoms with Crippen LogP contribution >= 0.6 is 11.3 Å². The number of methoxy groups -OCH3 is 4. The number of ether oxygens (including phenoxy) is 6. The lowest BCUT2D eigenvalue weighted by atomic mass is 9.95. The van der Waals surface area contributed by atoms with Gasteiger partial charge >= 0.3 is 5.97 Å². The predicted octanol–water partition coefficient (Wildman–Crippen LogP) is 4.03. The summed E-state index contributed by atoms with van der Waals surface area (Å²) in [6.07, 6.45) is 1.76. The van der Waals surface area contributed by atoms with E-state index in [2.05, 4.69) is 4.99 Å². The van der Waals surface area contributed by atoms with Crippen molar-refractivity contribution in [1.82, 2.24) is 4.57 Å². The van der Waals surface area contributed by atoms with Crippen LogP contribution in [0, 0.1) is 0 Å². The fraction of sp³-hybridized carbons (Fsp3) is 0.265. The summed E-state index contributed by atoms with van der Waals surface area (Å²) in [5.41, 5.74) is 2.76. The van der Waals surface area contributed by atoms with Crippen LogP contribution in [0.25, 0.3) is 6.08 Å². The molecule has 0 radical (unpaired) electrons. The molecule has 1 atom stereocenters. The van der Waals surface area contributed by atoms with Crippen molar-refractivity contribution in [3.63, 3.8) is 0 Å². The number of nitrogens with zero attached hydrogens (tertiary/aromatic N) is 2. The van der Waals surface area contributed by atoms with E-state index in [-0.39, 0.29) is 24.3 Å². The standard InChI is InChI=1S/C34H34N2O8S/c1-21-30(33(38)43-16-15-39-2)31(24-12-14-26(28(19-24)42-5)44-20-22-9-7-6-8-10-22)36-32(37)29(45-34(36)35-21)18-23-11-13-25(40-3)27(17-23)41-4/h6-14,17-19,31H,15-16,20H2,1-5H3. The smallest absolute Gasteiger partial charge is 0.338 e. The van der Waals surface area contributed by atoms with Crippen molar-refractivity contribution < 1.29 is 33.2 Å². The number of fused-ring (bicyclic) bond motifs is 1. The summed E-state index contributed by atoms with van der Waals surface area (Å²) in [4.78, 5) is 32.7. The van der Waals surface area contributed by atoms with Crippen LogP contribution in [0.3, 0.4) is 0 Å². The zero-order chi connectivity index (χ0) is 31.9. The Kier molecular flexibility index (Phi) is 10.0. The summed E-state index contributed by atoms with van der Waals surface area (Å²) in [5.74, 6) is 1.51. The second kappa shape index (κ2) is 14.3. The van der Waals surface area contributed by atoms with Gasteiger partial charge in [0.05, 0.1) is 49.8 Å². The highest BCUT2D eigenvalue weighted by atomic mass is 32.1. The van der Waals surface area contributed by atoms with Crippen LogP contribution in [0.2, 0.25) is 0 Å². The number of rotatable bonds is 12. The van der Waals surface area contributed by atoms with Crippen molar-refractivity contribution in [2.75, 3.05) is 41.7 Å². The second-order valence-corrected chi connectivity index (χ2v) is 11.0. The summed E-state index contributed by atoms with van der Waals surface area (Å²) in [6, 6.07) is 19.7. The highest BCUT2D eigenvalue weighted by molar-refractivity contribution is 7.07. The fourth-order valence-electron chi connectivity index (χ4n) is 5.00. The Morgan fingerprint density at radius 2 is 1.60 bits per heavy atom. The average molecular weight is 631 g/mol. The monoisotopic (exact) mass is 630 g/mol. The summed E-state index contributed by atoms with van der Waals surface area (Å²) in [6.45, 7) is 2.37. The molecule has 234 valence electrons. The summed E-state index contributed by atoms with van der Waals surface area (Å²) in [5, 5.41) is 0. The summed E-state index contributed by atoms with van der Waals surface area (Å²) in [7, 11) is 6.19. The first-order chi connectivity index (χ1) is 21.9. The Hall–Kier alpha value is -4.87. The molecule has 0 bridgehead atoms. The molecule has 11 heteroatoms. The largest absolute Gasteiger partial charge is 0.493 e. The van der Waals surface area contributed by atoms with Crippen molar-refractivity contribution in [2.45, 2.75) is 19.6 Å². The minimum absolute atomic E-state index is 0.0537. The molecule has 0 spiro atoms. The molecule has 0 N–H and O–H groups in total. The lowest BCUT2D eigenvalue weighted by Crippen LogP contribution is -2.40. The molecule has 0 fully saturated rings. The Bertz CT molecular complexity index is 1900. The Morgan fingerprint density at radius 1 is 0.889 bits per heavy atom. The van der Waals surface area contributed by atoms with E-state index in [0.29, 0.717) is 50.2 Å². The molecule has 1 aliphatic heterocycles. The van der Waals surface area contributed by atoms with Gasteiger partial charge in [-0.3, -0.25) is 9.36 Å². The van der Waals surface area contributed by atoms with Gasteiger partial charge in [-0.2, -0.15) is 0 Å². The van der Waals surface area contributed by atoms with Gasteiger partial charge in [0.1, 0.15) is 13.2 Å². The van der Waals surface area contributed by atoms with Gasteiger partial charge in [-0.05, 0) is 54.0 Å². The molecule has 0 aliphatic carbocycles. The van der Waals surface area contributed by atoms with Crippen molar-refractivity contribution in [1.29, 1.82) is 0 Å². The number of benzene rings is 3. The zero-order valence-electron chi connectivity index (χ0n) is 25.7. The first kappa shape index (κ1) is 31.6. The molecule has 0 saturated heterocycles. The van der Waals surface area contributed by atoms with Gasteiger partial charge in [-0.15, -0.1) is 0 Å². The maximum Gasteiger partial charge on any atom is 0.338 e. The van der Waals surface area contributed by atoms with Crippen LogP contribution < -0.4 is 33.8 Å². The number of hydrogen-bond donors (Lipinski definition) is 0. The van der Waals surface area contributed by atoms with Crippen LogP contribution in [-0.4, -0.2) is 52.2 Å². The number of thiazole rings is 1. The number of carbonyl (C=O) groups is 1. The average Bonchev–Trinajstić information content (AvgIpc) is 3.36. The van der Waals surface area contributed by atoms with Crippen LogP contribution in [0.4, 0.5) is 0 Å². The highest BCUT2D eigenvalue weighted by Crippen LogP contribution is 2.36. The second-order valence-electron chi connectivity index (χ2n) is 10.0. The summed E-state index contributed by atoms with van der Waals surface area (Å²) < 4.78 is 35.1. The van der Waals surface area contributed by atoms with E-state index in [1.807, 2.05) is 42.5 Å². The van der Waals surface area contributed by atoms with Crippen LogP contribution in [0.15, 0.2) is 87.8 Å². The molecule has 1 aromatic heterocycles. The van der Waals surface area contributed by atoms with Gasteiger partial charge in [0.15, 0.2) is 27.8 Å². The van der Waals surface area contributed by atoms with Gasteiger partial charge < -0.3 is 28.4 Å². The number of aromatic nitrogens is 1. The van der Waals surface area contributed by atoms with E-state index >= 15 is 0 Å². The van der Waals surface area contributed by atoms with Crippen molar-refractivity contribution >= 4 is 23.4 Å². The third-order valence-electron chi connectivity index (χ3n) is 7.21. The lowest BCUT2D eigenvalue weighted by molar-refractivity contribution is -0.140. The predicted molar refractivity (Wildman–Crippen MR) is 170 cm³/mol. The fourth-order valence-corrected chi connectivity index (χ4v) is 6.04. The molecule has 1 aliphatic rings. The minimum Gasteiger partial charge on any atom is -0.493 e. The first-order valence-electron chi connectivity index (χ1n) is 14.1. The summed E-state index contributed by atoms with van der Waals surface area (Å²) >= 11 is 1.23. The SMILES string of the molecule is COCCOC(=O)C1=C(C)N=c2sc(=Cc3ccc(OC)c(OC)c3)c(=O)n2C1c1ccc(OCc2ccccc2)c(OC)c1. The minimum atomic E-state index is -0.832. The molecular formula is C34H34N2O8S. The number of hydrogen-bond acceptors (Lipinski definition) is 10. The number of carbonyl (C=O) groups excluding carboxylic acids is 1. The van der Waals surface area contributed by atoms with Gasteiger partial charge in [0.25, 0.3) is 5.56 Å². The van der Waals surface area contributed by atoms with Crippen molar-refractivity contribution in [2.24, 2.45) is 4.99 Å². The normalized spacial score (nSPS) is 14.4. The molecule has 10 nitrogen and oxygen atoms in total. The van der Waals surface area contributed by atoms with Crippen LogP contribution in [0.5, 0.6) is 23.0 Å². The maximum atomic E-state index is 14.1. The molecule has 4 aromatic rings. The molecule has 5 rings (SSSR count). The molecule has 2 heterocycles. The van der Waals surface area contributed by atoms with Gasteiger partial charge in [-0.25, -0.2) is 9.79 Å². The van der Waals surface area contributed by atoms with Crippen molar-refractivity contribution in [3.05, 3.63) is 114 Å². The number of allylic oxidation sites excluding steroid dienone is 1. The highest BCUT2D eigenvalue weighted by Gasteiger charge is 2.34. The van der Waals surface area contributed by atoms with E-state index in [0.717, 1.165) is 11.1 Å². The van der Waals surface area contributed by atoms with E-state index in [9.17, 15) is 9.59 Å². The van der Waals surface area contributed by atoms with E-state index in [4.69, 9.17) is 28.4 Å². The molecule has 3 aromatic carbocycles. The van der Waals surface area contributed by atoms with E-state index < -0.39 is 12.0 Å². The topological polar surface area (TPSA) is 107 Å². The first-order valence-corrected chi connectivity index (χ1v) is 15.0. The van der Waals surface area contributed by atoms with Gasteiger partial charge in [0, 0.05) is 7.11 Å². The Balaban J connectivity index is 1.60. The quantitative estimate of drug-likeness (QED) is 0.171. The molecular weight excluding hydrogens is 596 g/mol. The maximum absolute atomic E-state index is 14.1. The Morgan fingerprint density at radius 3 is 2.31 bits per heavy atom. The molecule has 0 saturated carbocycles. The van der Waals surface area contributed by atoms with E-state index in [1.165, 1.54) is 23.0 Å².